The van der Waals surface area contributed by atoms with Crippen LogP contribution in [0.2, 0.25) is 0 Å². The Bertz CT molecular complexity index is 3190. The zero-order valence-corrected chi connectivity index (χ0v) is 35.5. The van der Waals surface area contributed by atoms with Crippen LogP contribution in [-0.2, 0) is 10.8 Å². The smallest absolute Gasteiger partial charge is 0.0546 e. The monoisotopic (exact) mass is 794 g/mol. The van der Waals surface area contributed by atoms with E-state index >= 15 is 0 Å². The van der Waals surface area contributed by atoms with Gasteiger partial charge in [0.1, 0.15) is 0 Å². The normalized spacial score (nSPS) is 14.1. The van der Waals surface area contributed by atoms with Gasteiger partial charge in [-0.25, -0.2) is 0 Å². The number of anilines is 6. The fourth-order valence-electron chi connectivity index (χ4n) is 11.1. The van der Waals surface area contributed by atoms with E-state index in [0.717, 1.165) is 22.7 Å². The lowest BCUT2D eigenvalue weighted by molar-refractivity contribution is 0.660. The number of fused-ring (bicyclic) bond motifs is 11. The number of nitrogens with zero attached hydrogens (tertiary/aromatic N) is 2. The molecule has 0 amide bonds. The van der Waals surface area contributed by atoms with Gasteiger partial charge in [0.05, 0.1) is 22.7 Å². The lowest BCUT2D eigenvalue weighted by Crippen LogP contribution is -2.16. The van der Waals surface area contributed by atoms with Crippen LogP contribution in [-0.4, -0.2) is 0 Å². The Balaban J connectivity index is 1.16. The average molecular weight is 795 g/mol. The number of rotatable bonds is 6. The van der Waals surface area contributed by atoms with Gasteiger partial charge in [0.25, 0.3) is 0 Å². The Labute approximate surface area is 364 Å². The molecule has 0 aromatic heterocycles. The molecular formula is C60H46N2. The van der Waals surface area contributed by atoms with Crippen molar-refractivity contribution in [1.82, 2.24) is 0 Å². The SMILES string of the molecule is CC1(C)c2ccccc2-c2c(N(c3ccccc3)c3cc4c5ccccc5c(N(c5ccccc5)c5cccc6c5-c5ccccc5C6(C)C)cc4c4ccccc34)cccc21. The molecule has 0 fully saturated rings. The second kappa shape index (κ2) is 13.5. The number of benzene rings is 10. The fourth-order valence-corrected chi connectivity index (χ4v) is 11.1. The van der Waals surface area contributed by atoms with Gasteiger partial charge in [-0.1, -0.05) is 185 Å². The van der Waals surface area contributed by atoms with Gasteiger partial charge >= 0.3 is 0 Å². The van der Waals surface area contributed by atoms with Gasteiger partial charge in [-0.15, -0.1) is 0 Å². The zero-order valence-electron chi connectivity index (χ0n) is 35.5. The molecule has 0 heterocycles. The molecule has 0 radical (unpaired) electrons. The Hall–Kier alpha value is -7.42. The van der Waals surface area contributed by atoms with Gasteiger partial charge in [0, 0.05) is 44.1 Å². The summed E-state index contributed by atoms with van der Waals surface area (Å²) in [4.78, 5) is 5.04. The zero-order chi connectivity index (χ0) is 41.7. The van der Waals surface area contributed by atoms with Crippen molar-refractivity contribution >= 4 is 66.4 Å². The minimum atomic E-state index is -0.121. The number of hydrogen-bond donors (Lipinski definition) is 0. The largest absolute Gasteiger partial charge is 0.309 e. The lowest BCUT2D eigenvalue weighted by atomic mass is 9.82. The minimum absolute atomic E-state index is 0.121. The molecule has 0 saturated carbocycles. The van der Waals surface area contributed by atoms with Crippen LogP contribution in [0.4, 0.5) is 34.1 Å². The van der Waals surface area contributed by atoms with Crippen molar-refractivity contribution < 1.29 is 0 Å². The molecular weight excluding hydrogens is 749 g/mol. The van der Waals surface area contributed by atoms with Gasteiger partial charge in [-0.2, -0.15) is 0 Å². The third kappa shape index (κ3) is 5.16. The first-order valence-corrected chi connectivity index (χ1v) is 21.9. The van der Waals surface area contributed by atoms with Gasteiger partial charge in [0.2, 0.25) is 0 Å². The van der Waals surface area contributed by atoms with Crippen LogP contribution in [0, 0.1) is 0 Å². The lowest BCUT2D eigenvalue weighted by Gasteiger charge is -2.32. The fraction of sp³-hybridized carbons (Fsp3) is 0.100. The topological polar surface area (TPSA) is 6.48 Å². The van der Waals surface area contributed by atoms with E-state index in [1.807, 2.05) is 0 Å². The Morgan fingerprint density at radius 3 is 1.03 bits per heavy atom. The number of hydrogen-bond acceptors (Lipinski definition) is 2. The van der Waals surface area contributed by atoms with Crippen LogP contribution >= 0.6 is 0 Å². The summed E-state index contributed by atoms with van der Waals surface area (Å²) in [6, 6.07) is 76.6. The third-order valence-corrected chi connectivity index (χ3v) is 14.0. The molecule has 0 N–H and O–H groups in total. The molecule has 0 aliphatic heterocycles. The van der Waals surface area contributed by atoms with Gasteiger partial charge in [-0.05, 0) is 103 Å². The summed E-state index contributed by atoms with van der Waals surface area (Å²) in [5.41, 5.74) is 17.4. The van der Waals surface area contributed by atoms with E-state index in [0.29, 0.717) is 0 Å². The van der Waals surface area contributed by atoms with E-state index in [4.69, 9.17) is 0 Å². The van der Waals surface area contributed by atoms with E-state index < -0.39 is 0 Å². The molecule has 2 aliphatic carbocycles. The summed E-state index contributed by atoms with van der Waals surface area (Å²) in [6.07, 6.45) is 0. The van der Waals surface area contributed by atoms with E-state index in [9.17, 15) is 0 Å². The van der Waals surface area contributed by atoms with Crippen molar-refractivity contribution in [3.05, 3.63) is 229 Å². The van der Waals surface area contributed by atoms with Crippen molar-refractivity contribution in [2.45, 2.75) is 38.5 Å². The summed E-state index contributed by atoms with van der Waals surface area (Å²) in [5, 5.41) is 7.31. The van der Waals surface area contributed by atoms with Gasteiger partial charge < -0.3 is 9.80 Å². The minimum Gasteiger partial charge on any atom is -0.309 e. The highest BCUT2D eigenvalue weighted by Crippen LogP contribution is 2.57. The summed E-state index contributed by atoms with van der Waals surface area (Å²) < 4.78 is 0. The van der Waals surface area contributed by atoms with Crippen molar-refractivity contribution in [2.75, 3.05) is 9.80 Å². The average Bonchev–Trinajstić information content (AvgIpc) is 3.70. The van der Waals surface area contributed by atoms with Gasteiger partial charge in [0.15, 0.2) is 0 Å². The number of para-hydroxylation sites is 2. The highest BCUT2D eigenvalue weighted by atomic mass is 15.2. The third-order valence-electron chi connectivity index (χ3n) is 14.0. The maximum absolute atomic E-state index is 2.52. The van der Waals surface area contributed by atoms with Crippen molar-refractivity contribution in [2.24, 2.45) is 0 Å². The van der Waals surface area contributed by atoms with Crippen LogP contribution in [0.25, 0.3) is 54.6 Å². The molecule has 0 atom stereocenters. The van der Waals surface area contributed by atoms with Crippen LogP contribution in [0.15, 0.2) is 206 Å². The van der Waals surface area contributed by atoms with Crippen LogP contribution < -0.4 is 9.80 Å². The van der Waals surface area contributed by atoms with Crippen LogP contribution in [0.5, 0.6) is 0 Å². The predicted molar refractivity (Wildman–Crippen MR) is 263 cm³/mol. The maximum atomic E-state index is 2.52. The standard InChI is InChI=1S/C60H46N2/c1-59(2)49-31-17-15-29-45(49)57-51(59)33-19-35-53(57)61(39-21-7-5-8-22-39)55-37-47-42-26-12-14-28-44(42)56(38-48(47)41-25-11-13-27-43(41)55)62(40-23-9-6-10-24-40)54-36-20-34-52-58(54)46-30-16-18-32-50(46)60(52,3)4/h5-38H,1-4H3. The quantitative estimate of drug-likeness (QED) is 0.155. The molecule has 296 valence electrons. The van der Waals surface area contributed by atoms with E-state index in [-0.39, 0.29) is 10.8 Å². The summed E-state index contributed by atoms with van der Waals surface area (Å²) in [5.74, 6) is 0. The highest BCUT2D eigenvalue weighted by molar-refractivity contribution is 6.25. The first-order valence-electron chi connectivity index (χ1n) is 21.9. The van der Waals surface area contributed by atoms with E-state index in [1.165, 1.54) is 88.2 Å². The van der Waals surface area contributed by atoms with Crippen LogP contribution in [0.1, 0.15) is 49.9 Å². The Kier molecular flexibility index (Phi) is 7.96. The van der Waals surface area contributed by atoms with E-state index in [1.54, 1.807) is 0 Å². The Morgan fingerprint density at radius 2 is 0.613 bits per heavy atom. The molecule has 10 aromatic carbocycles. The highest BCUT2D eigenvalue weighted by Gasteiger charge is 2.39. The molecule has 10 aromatic rings. The molecule has 2 aliphatic rings. The molecule has 0 bridgehead atoms. The molecule has 12 rings (SSSR count). The van der Waals surface area contributed by atoms with Gasteiger partial charge in [-0.3, -0.25) is 0 Å². The molecule has 2 heteroatoms. The molecule has 0 spiro atoms. The molecule has 2 nitrogen and oxygen atoms in total. The maximum Gasteiger partial charge on any atom is 0.0546 e. The molecule has 62 heavy (non-hydrogen) atoms. The van der Waals surface area contributed by atoms with Crippen molar-refractivity contribution in [3.63, 3.8) is 0 Å². The van der Waals surface area contributed by atoms with Crippen molar-refractivity contribution in [3.8, 4) is 22.3 Å². The summed E-state index contributed by atoms with van der Waals surface area (Å²) in [7, 11) is 0. The van der Waals surface area contributed by atoms with Crippen LogP contribution in [0.3, 0.4) is 0 Å². The summed E-state index contributed by atoms with van der Waals surface area (Å²) in [6.45, 7) is 9.47. The second-order valence-electron chi connectivity index (χ2n) is 18.1. The first-order chi connectivity index (χ1) is 30.3. The molecule has 0 saturated heterocycles. The Morgan fingerprint density at radius 1 is 0.274 bits per heavy atom. The predicted octanol–water partition coefficient (Wildman–Crippen LogP) is 16.7. The first kappa shape index (κ1) is 36.4. The van der Waals surface area contributed by atoms with E-state index in [2.05, 4.69) is 244 Å². The van der Waals surface area contributed by atoms with Crippen molar-refractivity contribution in [1.29, 1.82) is 0 Å². The second-order valence-corrected chi connectivity index (χ2v) is 18.1. The summed E-state index contributed by atoms with van der Waals surface area (Å²) >= 11 is 0. The molecule has 0 unspecified atom stereocenters.